The summed E-state index contributed by atoms with van der Waals surface area (Å²) in [6.45, 7) is 1.83. The van der Waals surface area contributed by atoms with Gasteiger partial charge < -0.3 is 18.5 Å². The molecule has 0 aliphatic carbocycles. The Bertz CT molecular complexity index is 796. The van der Waals surface area contributed by atoms with E-state index in [-0.39, 0.29) is 18.3 Å². The molecule has 10 heteroatoms. The predicted molar refractivity (Wildman–Crippen MR) is 90.5 cm³/mol. The van der Waals surface area contributed by atoms with E-state index in [4.69, 9.17) is 18.5 Å². The zero-order valence-electron chi connectivity index (χ0n) is 14.7. The summed E-state index contributed by atoms with van der Waals surface area (Å²) in [5.41, 5.74) is 1.29. The van der Waals surface area contributed by atoms with Crippen LogP contribution in [0.1, 0.15) is 12.5 Å². The van der Waals surface area contributed by atoms with E-state index in [1.165, 1.54) is 40.6 Å². The van der Waals surface area contributed by atoms with Crippen LogP contribution in [0, 0.1) is 5.82 Å². The molecule has 2 aromatic rings. The highest BCUT2D eigenvalue weighted by molar-refractivity contribution is 7.54. The number of hydrogen-bond donors (Lipinski definition) is 1. The molecule has 1 heterocycles. The van der Waals surface area contributed by atoms with Crippen molar-refractivity contribution in [3.63, 3.8) is 0 Å². The lowest BCUT2D eigenvalue weighted by atomic mass is 10.1. The monoisotopic (exact) mass is 373 g/mol. The quantitative estimate of drug-likeness (QED) is 0.706. The molecule has 138 valence electrons. The van der Waals surface area contributed by atoms with Crippen molar-refractivity contribution in [1.29, 1.82) is 0 Å². The number of methoxy groups -OCH3 is 2. The second-order valence-corrected chi connectivity index (χ2v) is 7.72. The van der Waals surface area contributed by atoms with Gasteiger partial charge in [-0.05, 0) is 18.6 Å². The lowest BCUT2D eigenvalue weighted by Crippen LogP contribution is -2.27. The Labute approximate surface area is 145 Å². The van der Waals surface area contributed by atoms with Crippen LogP contribution in [-0.4, -0.2) is 44.2 Å². The highest BCUT2D eigenvalue weighted by Crippen LogP contribution is 2.50. The first kappa shape index (κ1) is 19.5. The van der Waals surface area contributed by atoms with Crippen molar-refractivity contribution in [3.05, 3.63) is 23.5 Å². The van der Waals surface area contributed by atoms with Gasteiger partial charge in [-0.15, -0.1) is 0 Å². The van der Waals surface area contributed by atoms with Crippen LogP contribution in [-0.2, 0) is 20.2 Å². The largest absolute Gasteiger partial charge is 0.477 e. The molecule has 1 N–H and O–H groups in total. The van der Waals surface area contributed by atoms with E-state index in [0.717, 1.165) is 0 Å². The number of hydrogen-bond acceptors (Lipinski definition) is 8. The number of halogens is 1. The topological polar surface area (TPSA) is 91.8 Å². The van der Waals surface area contributed by atoms with Gasteiger partial charge in [-0.25, -0.2) is 14.4 Å². The first-order valence-electron chi connectivity index (χ1n) is 7.41. The zero-order valence-corrected chi connectivity index (χ0v) is 15.6. The van der Waals surface area contributed by atoms with Crippen molar-refractivity contribution in [2.75, 3.05) is 28.4 Å². The number of ether oxygens (including phenoxy) is 2. The maximum atomic E-state index is 13.9. The van der Waals surface area contributed by atoms with Gasteiger partial charge in [-0.2, -0.15) is 0 Å². The third-order valence-electron chi connectivity index (χ3n) is 3.71. The maximum Gasteiger partial charge on any atom is 0.346 e. The van der Waals surface area contributed by atoms with Crippen molar-refractivity contribution < 1.29 is 27.5 Å². The average molecular weight is 373 g/mol. The fourth-order valence-corrected chi connectivity index (χ4v) is 3.42. The van der Waals surface area contributed by atoms with E-state index in [2.05, 4.69) is 15.3 Å². The van der Waals surface area contributed by atoms with Crippen molar-refractivity contribution >= 4 is 18.6 Å². The minimum Gasteiger partial charge on any atom is -0.477 e. The van der Waals surface area contributed by atoms with Gasteiger partial charge in [-0.3, -0.25) is 9.88 Å². The molecule has 0 saturated carbocycles. The van der Waals surface area contributed by atoms with Crippen LogP contribution in [0.3, 0.4) is 0 Å². The van der Waals surface area contributed by atoms with Crippen molar-refractivity contribution in [1.82, 2.24) is 15.3 Å². The number of fused-ring (bicyclic) bond motifs is 1. The van der Waals surface area contributed by atoms with Gasteiger partial charge in [0.05, 0.1) is 25.3 Å². The van der Waals surface area contributed by atoms with E-state index in [0.29, 0.717) is 16.6 Å². The fourth-order valence-electron chi connectivity index (χ4n) is 2.32. The first-order chi connectivity index (χ1) is 11.9. The Morgan fingerprint density at radius 1 is 1.12 bits per heavy atom. The molecule has 8 nitrogen and oxygen atoms in total. The molecule has 0 aliphatic rings. The van der Waals surface area contributed by atoms with Gasteiger partial charge in [0, 0.05) is 26.8 Å². The highest BCUT2D eigenvalue weighted by Gasteiger charge is 2.29. The Morgan fingerprint density at radius 3 is 2.28 bits per heavy atom. The minimum absolute atomic E-state index is 0.163. The molecule has 0 amide bonds. The second kappa shape index (κ2) is 8.05. The van der Waals surface area contributed by atoms with Crippen molar-refractivity contribution in [2.45, 2.75) is 19.3 Å². The van der Waals surface area contributed by atoms with E-state index in [9.17, 15) is 8.96 Å². The highest BCUT2D eigenvalue weighted by atomic mass is 31.2. The molecule has 1 unspecified atom stereocenters. The van der Waals surface area contributed by atoms with Crippen LogP contribution in [0.2, 0.25) is 0 Å². The van der Waals surface area contributed by atoms with Gasteiger partial charge in [0.1, 0.15) is 11.6 Å². The van der Waals surface area contributed by atoms with Crippen molar-refractivity contribution in [3.8, 4) is 11.8 Å². The molecule has 0 saturated heterocycles. The van der Waals surface area contributed by atoms with Gasteiger partial charge in [0.2, 0.25) is 0 Å². The Balaban J connectivity index is 2.39. The summed E-state index contributed by atoms with van der Waals surface area (Å²) in [6.07, 6.45) is 0. The maximum absolute atomic E-state index is 13.9. The summed E-state index contributed by atoms with van der Waals surface area (Å²) < 4.78 is 46.4. The molecule has 0 fully saturated rings. The number of rotatable bonds is 8. The standard InChI is InChI=1S/C15H21FN3O5P/c1-9(25(20,23-4)24-5)17-8-10-6-11(16)7-12-13(10)19-15(22-3)14(18-12)21-2/h6-7,9,17H,8H2,1-5H3. The van der Waals surface area contributed by atoms with E-state index in [1.807, 2.05) is 0 Å². The minimum atomic E-state index is -3.29. The summed E-state index contributed by atoms with van der Waals surface area (Å²) in [7, 11) is 2.19. The molecule has 0 spiro atoms. The first-order valence-corrected chi connectivity index (χ1v) is 9.02. The normalized spacial score (nSPS) is 13.0. The van der Waals surface area contributed by atoms with Crippen LogP contribution in [0.15, 0.2) is 12.1 Å². The molecular formula is C15H21FN3O5P. The third kappa shape index (κ3) is 4.07. The molecule has 0 bridgehead atoms. The van der Waals surface area contributed by atoms with Crippen LogP contribution in [0.4, 0.5) is 4.39 Å². The van der Waals surface area contributed by atoms with Crippen LogP contribution >= 0.6 is 7.60 Å². The van der Waals surface area contributed by atoms with Gasteiger partial charge in [-0.1, -0.05) is 0 Å². The Kier molecular flexibility index (Phi) is 6.29. The second-order valence-electron chi connectivity index (χ2n) is 5.14. The zero-order chi connectivity index (χ0) is 18.6. The fraction of sp³-hybridized carbons (Fsp3) is 0.467. The molecule has 1 aromatic carbocycles. The summed E-state index contributed by atoms with van der Waals surface area (Å²) in [5, 5.41) is 3.01. The molecule has 1 atom stereocenters. The molecular weight excluding hydrogens is 352 g/mol. The molecule has 25 heavy (non-hydrogen) atoms. The lowest BCUT2D eigenvalue weighted by molar-refractivity contribution is 0.261. The summed E-state index contributed by atoms with van der Waals surface area (Å²) >= 11 is 0. The van der Waals surface area contributed by atoms with Gasteiger partial charge in [0.15, 0.2) is 0 Å². The summed E-state index contributed by atoms with van der Waals surface area (Å²) in [6, 6.07) is 2.58. The number of benzene rings is 1. The average Bonchev–Trinajstić information content (AvgIpc) is 2.63. The van der Waals surface area contributed by atoms with Crippen molar-refractivity contribution in [2.24, 2.45) is 0 Å². The Hall–Kier alpha value is -1.80. The van der Waals surface area contributed by atoms with E-state index < -0.39 is 19.2 Å². The number of aromatic nitrogens is 2. The predicted octanol–water partition coefficient (Wildman–Crippen LogP) is 2.71. The van der Waals surface area contributed by atoms with Crippen LogP contribution in [0.5, 0.6) is 11.8 Å². The molecule has 0 radical (unpaired) electrons. The smallest absolute Gasteiger partial charge is 0.346 e. The van der Waals surface area contributed by atoms with E-state index >= 15 is 0 Å². The third-order valence-corrected chi connectivity index (χ3v) is 5.86. The van der Waals surface area contributed by atoms with E-state index in [1.54, 1.807) is 6.92 Å². The van der Waals surface area contributed by atoms with Crippen LogP contribution < -0.4 is 14.8 Å². The van der Waals surface area contributed by atoms with Gasteiger partial charge >= 0.3 is 7.60 Å². The lowest BCUT2D eigenvalue weighted by Gasteiger charge is -2.22. The van der Waals surface area contributed by atoms with Crippen LogP contribution in [0.25, 0.3) is 11.0 Å². The summed E-state index contributed by atoms with van der Waals surface area (Å²) in [5.74, 6) is -0.722. The molecule has 2 rings (SSSR count). The summed E-state index contributed by atoms with van der Waals surface area (Å²) in [4.78, 5) is 8.55. The molecule has 0 aliphatic heterocycles. The SMILES string of the molecule is COc1nc2cc(F)cc(CNC(C)P(=O)(OC)OC)c2nc1OC. The van der Waals surface area contributed by atoms with Gasteiger partial charge in [0.25, 0.3) is 11.8 Å². The number of nitrogens with zero attached hydrogens (tertiary/aromatic N) is 2. The Morgan fingerprint density at radius 2 is 1.72 bits per heavy atom. The number of nitrogens with one attached hydrogen (secondary N) is 1. The molecule has 1 aromatic heterocycles.